The Balaban J connectivity index is 2.64. The van der Waals surface area contributed by atoms with Crippen molar-refractivity contribution >= 4 is 40.3 Å². The average molecular weight is 306 g/mol. The Labute approximate surface area is 110 Å². The zero-order valence-corrected chi connectivity index (χ0v) is 11.0. The zero-order valence-electron chi connectivity index (χ0n) is 8.65. The second-order valence-corrected chi connectivity index (χ2v) is 5.73. The minimum atomic E-state index is -4.33. The molecule has 0 atom stereocenters. The van der Waals surface area contributed by atoms with Gasteiger partial charge in [-0.2, -0.15) is 13.2 Å². The summed E-state index contributed by atoms with van der Waals surface area (Å²) in [5, 5.41) is 0. The monoisotopic (exact) mass is 305 g/mol. The molecule has 1 rings (SSSR count). The number of nitrogens with zero attached hydrogens (tertiary/aromatic N) is 1. The van der Waals surface area contributed by atoms with E-state index in [9.17, 15) is 18.0 Å². The number of halogens is 5. The molecule has 2 nitrogen and oxygen atoms in total. The Morgan fingerprint density at radius 3 is 2.47 bits per heavy atom. The van der Waals surface area contributed by atoms with Crippen molar-refractivity contribution < 1.29 is 18.0 Å². The summed E-state index contributed by atoms with van der Waals surface area (Å²) in [4.78, 5) is 12.5. The summed E-state index contributed by atoms with van der Waals surface area (Å²) in [6.07, 6.45) is -4.33. The number of hydrogen-bond acceptors (Lipinski definition) is 3. The fourth-order valence-electron chi connectivity index (χ4n) is 1.22. The molecule has 1 aromatic rings. The van der Waals surface area contributed by atoms with E-state index < -0.39 is 18.5 Å². The van der Waals surface area contributed by atoms with Crippen LogP contribution < -0.4 is 0 Å². The fourth-order valence-corrected chi connectivity index (χ4v) is 2.72. The van der Waals surface area contributed by atoms with Crippen LogP contribution in [0.1, 0.15) is 10.4 Å². The predicted molar refractivity (Wildman–Crippen MR) is 62.2 cm³/mol. The number of thiophene rings is 1. The number of likely N-dealkylation sites (N-methyl/N-ethyl adjacent to an activating group) is 1. The third kappa shape index (κ3) is 4.83. The highest BCUT2D eigenvalue weighted by Crippen LogP contribution is 2.31. The first-order valence-corrected chi connectivity index (χ1v) is 5.99. The van der Waals surface area contributed by atoms with Crippen LogP contribution in [-0.4, -0.2) is 37.0 Å². The molecule has 8 heteroatoms. The van der Waals surface area contributed by atoms with Gasteiger partial charge in [0.1, 0.15) is 4.34 Å². The van der Waals surface area contributed by atoms with Gasteiger partial charge in [0.15, 0.2) is 5.78 Å². The van der Waals surface area contributed by atoms with Gasteiger partial charge < -0.3 is 0 Å². The van der Waals surface area contributed by atoms with Crippen LogP contribution in [0.3, 0.4) is 0 Å². The summed E-state index contributed by atoms with van der Waals surface area (Å²) in [6.45, 7) is -1.50. The van der Waals surface area contributed by atoms with Gasteiger partial charge in [0, 0.05) is 0 Å². The van der Waals surface area contributed by atoms with E-state index in [2.05, 4.69) is 0 Å². The summed E-state index contributed by atoms with van der Waals surface area (Å²) < 4.78 is 36.7. The summed E-state index contributed by atoms with van der Waals surface area (Å²) in [6, 6.07) is 1.36. The highest BCUT2D eigenvalue weighted by Gasteiger charge is 2.30. The van der Waals surface area contributed by atoms with Crippen molar-refractivity contribution in [2.24, 2.45) is 0 Å². The second kappa shape index (κ2) is 5.56. The fraction of sp³-hybridized carbons (Fsp3) is 0.444. The SMILES string of the molecule is CN(CC(=O)c1cc(Cl)sc1Cl)CC(F)(F)F. The lowest BCUT2D eigenvalue weighted by Gasteiger charge is -2.17. The van der Waals surface area contributed by atoms with Crippen molar-refractivity contribution in [2.45, 2.75) is 6.18 Å². The number of rotatable bonds is 4. The van der Waals surface area contributed by atoms with Gasteiger partial charge in [-0.05, 0) is 13.1 Å². The number of alkyl halides is 3. The van der Waals surface area contributed by atoms with E-state index in [0.29, 0.717) is 4.34 Å². The van der Waals surface area contributed by atoms with E-state index >= 15 is 0 Å². The van der Waals surface area contributed by atoms with Gasteiger partial charge >= 0.3 is 6.18 Å². The third-order valence-corrected chi connectivity index (χ3v) is 3.31. The first kappa shape index (κ1) is 14.8. The molecule has 0 saturated carbocycles. The summed E-state index contributed by atoms with van der Waals surface area (Å²) in [5.74, 6) is -0.482. The maximum absolute atomic E-state index is 12.0. The van der Waals surface area contributed by atoms with E-state index in [1.54, 1.807) is 0 Å². The van der Waals surface area contributed by atoms with Gasteiger partial charge in [0.05, 0.1) is 23.0 Å². The Morgan fingerprint density at radius 1 is 1.47 bits per heavy atom. The number of carbonyl (C=O) groups excluding carboxylic acids is 1. The zero-order chi connectivity index (χ0) is 13.2. The number of ketones is 1. The summed E-state index contributed by atoms with van der Waals surface area (Å²) in [7, 11) is 1.22. The molecule has 0 unspecified atom stereocenters. The second-order valence-electron chi connectivity index (χ2n) is 3.45. The van der Waals surface area contributed by atoms with Crippen LogP contribution in [-0.2, 0) is 0 Å². The molecule has 1 aromatic heterocycles. The van der Waals surface area contributed by atoms with Crippen molar-refractivity contribution in [1.29, 1.82) is 0 Å². The molecule has 0 radical (unpaired) electrons. The van der Waals surface area contributed by atoms with Crippen LogP contribution in [0.2, 0.25) is 8.67 Å². The Bertz CT molecular complexity index is 419. The van der Waals surface area contributed by atoms with E-state index in [1.165, 1.54) is 13.1 Å². The van der Waals surface area contributed by atoms with Crippen molar-refractivity contribution in [3.05, 3.63) is 20.3 Å². The molecular weight excluding hydrogens is 298 g/mol. The topological polar surface area (TPSA) is 20.3 Å². The largest absolute Gasteiger partial charge is 0.401 e. The molecule has 1 heterocycles. The number of Topliss-reactive ketones (excluding diaryl/α,β-unsaturated/α-hetero) is 1. The average Bonchev–Trinajstić information content (AvgIpc) is 2.41. The van der Waals surface area contributed by atoms with E-state index in [0.717, 1.165) is 16.2 Å². The van der Waals surface area contributed by atoms with Crippen LogP contribution in [0.25, 0.3) is 0 Å². The highest BCUT2D eigenvalue weighted by molar-refractivity contribution is 7.20. The minimum Gasteiger partial charge on any atom is -0.293 e. The molecular formula is C9H8Cl2F3NOS. The Hall–Kier alpha value is -0.300. The number of carbonyl (C=O) groups is 1. The van der Waals surface area contributed by atoms with Crippen LogP contribution in [0, 0.1) is 0 Å². The quantitative estimate of drug-likeness (QED) is 0.790. The molecule has 0 bridgehead atoms. The van der Waals surface area contributed by atoms with E-state index in [-0.39, 0.29) is 16.4 Å². The number of hydrogen-bond donors (Lipinski definition) is 0. The Kier molecular flexibility index (Phi) is 4.83. The van der Waals surface area contributed by atoms with Gasteiger partial charge in [-0.15, -0.1) is 11.3 Å². The highest BCUT2D eigenvalue weighted by atomic mass is 35.5. The molecule has 0 saturated heterocycles. The molecule has 0 N–H and O–H groups in total. The smallest absolute Gasteiger partial charge is 0.293 e. The van der Waals surface area contributed by atoms with E-state index in [4.69, 9.17) is 23.2 Å². The molecule has 96 valence electrons. The van der Waals surface area contributed by atoms with Crippen molar-refractivity contribution in [3.8, 4) is 0 Å². The molecule has 0 aliphatic carbocycles. The third-order valence-electron chi connectivity index (χ3n) is 1.82. The van der Waals surface area contributed by atoms with Gasteiger partial charge in [-0.1, -0.05) is 23.2 Å². The van der Waals surface area contributed by atoms with E-state index in [1.807, 2.05) is 0 Å². The first-order valence-electron chi connectivity index (χ1n) is 4.42. The minimum absolute atomic E-state index is 0.163. The summed E-state index contributed by atoms with van der Waals surface area (Å²) >= 11 is 12.4. The molecule has 0 aliphatic heterocycles. The standard InChI is InChI=1S/C9H8Cl2F3NOS/c1-15(4-9(12,13)14)3-6(16)5-2-7(10)17-8(5)11/h2H,3-4H2,1H3. The lowest BCUT2D eigenvalue weighted by Crippen LogP contribution is -2.34. The normalized spacial score (nSPS) is 12.2. The van der Waals surface area contributed by atoms with Gasteiger partial charge in [-0.3, -0.25) is 9.69 Å². The lowest BCUT2D eigenvalue weighted by molar-refractivity contribution is -0.141. The van der Waals surface area contributed by atoms with Crippen LogP contribution >= 0.6 is 34.5 Å². The van der Waals surface area contributed by atoms with Crippen molar-refractivity contribution in [3.63, 3.8) is 0 Å². The molecule has 17 heavy (non-hydrogen) atoms. The van der Waals surface area contributed by atoms with Gasteiger partial charge in [0.25, 0.3) is 0 Å². The van der Waals surface area contributed by atoms with Crippen LogP contribution in [0.5, 0.6) is 0 Å². The van der Waals surface area contributed by atoms with Crippen LogP contribution in [0.15, 0.2) is 6.07 Å². The molecule has 0 fully saturated rings. The maximum atomic E-state index is 12.0. The molecule has 0 amide bonds. The molecule has 0 aromatic carbocycles. The Morgan fingerprint density at radius 2 is 2.06 bits per heavy atom. The molecule has 0 spiro atoms. The molecule has 0 aliphatic rings. The lowest BCUT2D eigenvalue weighted by atomic mass is 10.2. The van der Waals surface area contributed by atoms with Crippen molar-refractivity contribution in [1.82, 2.24) is 4.90 Å². The van der Waals surface area contributed by atoms with Gasteiger partial charge in [-0.25, -0.2) is 0 Å². The summed E-state index contributed by atoms with van der Waals surface area (Å²) in [5.41, 5.74) is 0.163. The van der Waals surface area contributed by atoms with Crippen LogP contribution in [0.4, 0.5) is 13.2 Å². The maximum Gasteiger partial charge on any atom is 0.401 e. The van der Waals surface area contributed by atoms with Gasteiger partial charge in [0.2, 0.25) is 0 Å². The first-order chi connectivity index (χ1) is 7.69. The van der Waals surface area contributed by atoms with Crippen molar-refractivity contribution in [2.75, 3.05) is 20.1 Å². The predicted octanol–water partition coefficient (Wildman–Crippen LogP) is 3.73.